The van der Waals surface area contributed by atoms with Gasteiger partial charge in [-0.1, -0.05) is 13.3 Å². The third-order valence-corrected chi connectivity index (χ3v) is 4.26. The number of hydrogen-bond donors (Lipinski definition) is 0. The van der Waals surface area contributed by atoms with Crippen LogP contribution in [0.1, 0.15) is 41.7 Å². The fraction of sp³-hybridized carbons (Fsp3) is 0.333. The van der Waals surface area contributed by atoms with E-state index >= 15 is 0 Å². The third kappa shape index (κ3) is 3.70. The average Bonchev–Trinajstić information content (AvgIpc) is 3.04. The first kappa shape index (κ1) is 17.9. The van der Waals surface area contributed by atoms with Crippen LogP contribution in [0.25, 0.3) is 16.8 Å². The number of hydrogen-bond acceptors (Lipinski definition) is 3. The van der Waals surface area contributed by atoms with E-state index in [9.17, 15) is 4.39 Å². The molecule has 4 rings (SSSR count). The van der Waals surface area contributed by atoms with Gasteiger partial charge in [-0.2, -0.15) is 5.10 Å². The van der Waals surface area contributed by atoms with E-state index in [0.717, 1.165) is 31.4 Å². The van der Waals surface area contributed by atoms with E-state index in [0.29, 0.717) is 35.6 Å². The lowest BCUT2D eigenvalue weighted by Crippen LogP contribution is -1.98. The van der Waals surface area contributed by atoms with Crippen molar-refractivity contribution in [2.45, 2.75) is 39.5 Å². The van der Waals surface area contributed by atoms with E-state index in [1.54, 1.807) is 22.8 Å². The zero-order valence-electron chi connectivity index (χ0n) is 13.8. The second-order valence-electron chi connectivity index (χ2n) is 6.05. The van der Waals surface area contributed by atoms with Crippen molar-refractivity contribution in [3.8, 4) is 28.7 Å². The van der Waals surface area contributed by atoms with E-state index < -0.39 is 0 Å². The van der Waals surface area contributed by atoms with Gasteiger partial charge in [0, 0.05) is 38.7 Å². The lowest BCUT2D eigenvalue weighted by molar-refractivity contribution is 0.327. The van der Waals surface area contributed by atoms with Crippen molar-refractivity contribution < 1.29 is 12.0 Å². The normalized spacial score (nSPS) is 14.2. The first-order chi connectivity index (χ1) is 12.3. The van der Waals surface area contributed by atoms with Gasteiger partial charge in [0.25, 0.3) is 0 Å². The van der Waals surface area contributed by atoms with Crippen LogP contribution < -0.4 is 4.74 Å². The van der Waals surface area contributed by atoms with E-state index in [1.807, 2.05) is 12.3 Å². The van der Waals surface area contributed by atoms with Crippen LogP contribution in [0.4, 0.5) is 4.39 Å². The highest BCUT2D eigenvalue weighted by molar-refractivity contribution is 5.78. The fourth-order valence-corrected chi connectivity index (χ4v) is 2.95. The van der Waals surface area contributed by atoms with Crippen LogP contribution >= 0.6 is 0 Å². The fourth-order valence-electron chi connectivity index (χ4n) is 2.95. The Bertz CT molecular complexity index is 979. The third-order valence-electron chi connectivity index (χ3n) is 4.26. The maximum absolute atomic E-state index is 14.4. The molecular weight excluding hydrogens is 329 g/mol. The SMILES string of the molecule is C.Fc1ccc2cc1-c1cnn3ccc(nc13)CCCCC#CCCO2.[HH].[HH]. The molecule has 1 aliphatic heterocycles. The van der Waals surface area contributed by atoms with Crippen molar-refractivity contribution in [3.63, 3.8) is 0 Å². The minimum absolute atomic E-state index is 0. The number of ether oxygens (including phenoxy) is 1. The topological polar surface area (TPSA) is 39.4 Å². The number of aryl methyl sites for hydroxylation is 1. The second kappa shape index (κ2) is 8.01. The molecule has 0 saturated carbocycles. The average molecular weight is 355 g/mol. The van der Waals surface area contributed by atoms with Gasteiger partial charge < -0.3 is 4.74 Å². The van der Waals surface area contributed by atoms with Gasteiger partial charge in [0.1, 0.15) is 11.6 Å². The molecule has 0 N–H and O–H groups in total. The number of rotatable bonds is 0. The summed E-state index contributed by atoms with van der Waals surface area (Å²) >= 11 is 0. The predicted octanol–water partition coefficient (Wildman–Crippen LogP) is 5.16. The molecule has 0 atom stereocenters. The van der Waals surface area contributed by atoms with Crippen molar-refractivity contribution in [2.75, 3.05) is 6.61 Å². The zero-order valence-corrected chi connectivity index (χ0v) is 13.8. The van der Waals surface area contributed by atoms with Crippen LogP contribution in [0.2, 0.25) is 0 Å². The largest absolute Gasteiger partial charge is 0.493 e. The van der Waals surface area contributed by atoms with E-state index in [1.165, 1.54) is 6.07 Å². The van der Waals surface area contributed by atoms with Crippen LogP contribution in [-0.4, -0.2) is 21.2 Å². The molecule has 4 bridgehead atoms. The van der Waals surface area contributed by atoms with Crippen LogP contribution in [0.15, 0.2) is 36.7 Å². The Balaban J connectivity index is 0.00000131. The molecule has 0 spiro atoms. The number of halogens is 1. The first-order valence-electron chi connectivity index (χ1n) is 8.53. The molecule has 0 amide bonds. The number of nitrogens with zero attached hydrogens (tertiary/aromatic N) is 3. The highest BCUT2D eigenvalue weighted by Gasteiger charge is 2.14. The van der Waals surface area contributed by atoms with E-state index in [2.05, 4.69) is 16.9 Å². The predicted molar refractivity (Wildman–Crippen MR) is 105 cm³/mol. The summed E-state index contributed by atoms with van der Waals surface area (Å²) in [5, 5.41) is 4.30. The Labute approximate surface area is 156 Å². The summed E-state index contributed by atoms with van der Waals surface area (Å²) in [6.07, 6.45) is 8.05. The lowest BCUT2D eigenvalue weighted by Gasteiger charge is -2.08. The number of aromatic nitrogens is 3. The Hall–Kier alpha value is -2.87. The van der Waals surface area contributed by atoms with Crippen LogP contribution in [0.5, 0.6) is 5.75 Å². The monoisotopic (exact) mass is 355 g/mol. The quantitative estimate of drug-likeness (QED) is 0.523. The highest BCUT2D eigenvalue weighted by Crippen LogP contribution is 2.30. The van der Waals surface area contributed by atoms with Gasteiger partial charge in [-0.15, -0.1) is 5.92 Å². The Kier molecular flexibility index (Phi) is 5.52. The molecular formula is C21H26FN3O. The molecule has 4 nitrogen and oxygen atoms in total. The summed E-state index contributed by atoms with van der Waals surface area (Å²) in [6.45, 7) is 0.495. The van der Waals surface area contributed by atoms with Crippen molar-refractivity contribution in [1.82, 2.24) is 14.6 Å². The van der Waals surface area contributed by atoms with Gasteiger partial charge in [0.15, 0.2) is 5.65 Å². The molecule has 5 heteroatoms. The molecule has 3 heterocycles. The van der Waals surface area contributed by atoms with Gasteiger partial charge in [0.05, 0.1) is 12.8 Å². The molecule has 0 fully saturated rings. The van der Waals surface area contributed by atoms with Gasteiger partial charge in [-0.3, -0.25) is 0 Å². The lowest BCUT2D eigenvalue weighted by atomic mass is 10.1. The summed E-state index contributed by atoms with van der Waals surface area (Å²) in [6, 6.07) is 6.74. The van der Waals surface area contributed by atoms with E-state index in [4.69, 9.17) is 9.72 Å². The van der Waals surface area contributed by atoms with E-state index in [-0.39, 0.29) is 16.1 Å². The maximum Gasteiger partial charge on any atom is 0.163 e. The van der Waals surface area contributed by atoms with Gasteiger partial charge >= 0.3 is 0 Å². The summed E-state index contributed by atoms with van der Waals surface area (Å²) in [5.41, 5.74) is 2.79. The first-order valence-corrected chi connectivity index (χ1v) is 8.53. The minimum Gasteiger partial charge on any atom is -0.493 e. The van der Waals surface area contributed by atoms with Crippen molar-refractivity contribution >= 4 is 5.65 Å². The molecule has 3 aromatic rings. The maximum atomic E-state index is 14.4. The number of benzene rings is 1. The standard InChI is InChI=1S/C20H18FN3O.CH4.2H2/c21-19-9-8-16-13-17(19)18-14-22-24-11-10-15(23-20(18)24)7-5-3-1-2-4-6-12-25-16;;;/h8-11,13-14H,1,3,5-7,12H2;1H4;2*1H. The van der Waals surface area contributed by atoms with Crippen LogP contribution in [0.3, 0.4) is 0 Å². The van der Waals surface area contributed by atoms with Crippen LogP contribution in [0, 0.1) is 17.7 Å². The molecule has 138 valence electrons. The Morgan fingerprint density at radius 2 is 2.00 bits per heavy atom. The Morgan fingerprint density at radius 1 is 1.12 bits per heavy atom. The molecule has 0 aliphatic carbocycles. The molecule has 0 saturated heterocycles. The summed E-state index contributed by atoms with van der Waals surface area (Å²) in [4.78, 5) is 4.70. The minimum atomic E-state index is -0.310. The molecule has 26 heavy (non-hydrogen) atoms. The zero-order chi connectivity index (χ0) is 17.1. The summed E-state index contributed by atoms with van der Waals surface area (Å²) in [5.74, 6) is 6.62. The molecule has 0 unspecified atom stereocenters. The molecule has 2 aromatic heterocycles. The summed E-state index contributed by atoms with van der Waals surface area (Å²) in [7, 11) is 0. The van der Waals surface area contributed by atoms with Gasteiger partial charge in [0.2, 0.25) is 0 Å². The van der Waals surface area contributed by atoms with Crippen molar-refractivity contribution in [3.05, 3.63) is 48.2 Å². The van der Waals surface area contributed by atoms with Crippen LogP contribution in [-0.2, 0) is 6.42 Å². The van der Waals surface area contributed by atoms with Crippen molar-refractivity contribution in [2.24, 2.45) is 0 Å². The molecule has 1 aromatic carbocycles. The summed E-state index contributed by atoms with van der Waals surface area (Å²) < 4.78 is 21.8. The van der Waals surface area contributed by atoms with Gasteiger partial charge in [-0.25, -0.2) is 13.9 Å². The highest BCUT2D eigenvalue weighted by atomic mass is 19.1. The molecule has 1 aliphatic rings. The number of fused-ring (bicyclic) bond motifs is 4. The van der Waals surface area contributed by atoms with Crippen molar-refractivity contribution in [1.29, 1.82) is 0 Å². The second-order valence-corrected chi connectivity index (χ2v) is 6.05. The Morgan fingerprint density at radius 3 is 2.92 bits per heavy atom. The van der Waals surface area contributed by atoms with Gasteiger partial charge in [-0.05, 0) is 43.5 Å². The smallest absolute Gasteiger partial charge is 0.163 e. The molecule has 0 radical (unpaired) electrons.